The molecule has 2 heteroatoms. The zero-order valence-corrected chi connectivity index (χ0v) is 11.6. The highest BCUT2D eigenvalue weighted by Gasteiger charge is 2.57. The van der Waals surface area contributed by atoms with Crippen molar-refractivity contribution >= 4 is 0 Å². The second-order valence-electron chi connectivity index (χ2n) is 6.44. The van der Waals surface area contributed by atoms with Crippen molar-refractivity contribution in [3.8, 4) is 0 Å². The lowest BCUT2D eigenvalue weighted by atomic mass is 9.91. The van der Waals surface area contributed by atoms with Crippen LogP contribution in [0.15, 0.2) is 24.3 Å². The first kappa shape index (κ1) is 11.9. The monoisotopic (exact) mass is 257 g/mol. The zero-order chi connectivity index (χ0) is 12.8. The molecule has 5 atom stereocenters. The van der Waals surface area contributed by atoms with E-state index in [-0.39, 0.29) is 0 Å². The lowest BCUT2D eigenvalue weighted by molar-refractivity contribution is 0.173. The van der Waals surface area contributed by atoms with Crippen LogP contribution in [-0.4, -0.2) is 26.3 Å². The van der Waals surface area contributed by atoms with Gasteiger partial charge in [-0.3, -0.25) is 0 Å². The van der Waals surface area contributed by atoms with Gasteiger partial charge >= 0.3 is 0 Å². The van der Waals surface area contributed by atoms with Crippen molar-refractivity contribution in [2.24, 2.45) is 17.8 Å². The number of hydrogen-bond donors (Lipinski definition) is 1. The van der Waals surface area contributed by atoms with Crippen LogP contribution in [0.1, 0.15) is 29.9 Å². The van der Waals surface area contributed by atoms with Crippen LogP contribution in [0.4, 0.5) is 0 Å². The van der Waals surface area contributed by atoms with Crippen LogP contribution in [0.2, 0.25) is 0 Å². The summed E-state index contributed by atoms with van der Waals surface area (Å²) < 4.78 is 5.60. The molecule has 1 aromatic carbocycles. The molecule has 0 amide bonds. The minimum atomic E-state index is 0.656. The molecular weight excluding hydrogens is 234 g/mol. The van der Waals surface area contributed by atoms with E-state index in [1.165, 1.54) is 19.3 Å². The van der Waals surface area contributed by atoms with Gasteiger partial charge in [-0.05, 0) is 55.2 Å². The first-order chi connectivity index (χ1) is 9.40. The number of benzene rings is 1. The molecule has 1 N–H and O–H groups in total. The molecule has 0 spiro atoms. The molecule has 4 rings (SSSR count). The predicted molar refractivity (Wildman–Crippen MR) is 76.3 cm³/mol. The maximum atomic E-state index is 5.60. The molecule has 2 nitrogen and oxygen atoms in total. The molecule has 5 unspecified atom stereocenters. The van der Waals surface area contributed by atoms with E-state index in [1.807, 2.05) is 0 Å². The molecule has 0 aromatic heterocycles. The topological polar surface area (TPSA) is 21.3 Å². The van der Waals surface area contributed by atoms with Gasteiger partial charge in [0.2, 0.25) is 0 Å². The number of ether oxygens (including phenoxy) is 1. The Kier molecular flexibility index (Phi) is 2.89. The summed E-state index contributed by atoms with van der Waals surface area (Å²) in [4.78, 5) is 0. The van der Waals surface area contributed by atoms with Crippen LogP contribution in [-0.2, 0) is 11.2 Å². The molecule has 1 aliphatic heterocycles. The SMILES string of the molecule is CNC(C1CCOC1)C1C2CCc3ccccc3C21. The van der Waals surface area contributed by atoms with E-state index in [0.717, 1.165) is 36.9 Å². The Bertz CT molecular complexity index is 466. The van der Waals surface area contributed by atoms with Crippen molar-refractivity contribution in [3.63, 3.8) is 0 Å². The predicted octanol–water partition coefficient (Wildman–Crippen LogP) is 2.59. The molecule has 0 bridgehead atoms. The smallest absolute Gasteiger partial charge is 0.0510 e. The Balaban J connectivity index is 1.58. The summed E-state index contributed by atoms with van der Waals surface area (Å²) in [5.41, 5.74) is 3.24. The highest BCUT2D eigenvalue weighted by atomic mass is 16.5. The third kappa shape index (κ3) is 1.85. The summed E-state index contributed by atoms with van der Waals surface area (Å²) in [7, 11) is 2.14. The number of aryl methyl sites for hydroxylation is 1. The van der Waals surface area contributed by atoms with Crippen LogP contribution in [0.3, 0.4) is 0 Å². The lowest BCUT2D eigenvalue weighted by Gasteiger charge is -2.22. The molecule has 0 radical (unpaired) electrons. The van der Waals surface area contributed by atoms with Crippen molar-refractivity contribution < 1.29 is 4.74 Å². The van der Waals surface area contributed by atoms with E-state index >= 15 is 0 Å². The maximum absolute atomic E-state index is 5.60. The zero-order valence-electron chi connectivity index (χ0n) is 11.6. The van der Waals surface area contributed by atoms with Gasteiger partial charge in [0.1, 0.15) is 0 Å². The molecule has 2 fully saturated rings. The summed E-state index contributed by atoms with van der Waals surface area (Å²) in [6.45, 7) is 1.92. The summed E-state index contributed by atoms with van der Waals surface area (Å²) in [5.74, 6) is 3.32. The number of rotatable bonds is 3. The van der Waals surface area contributed by atoms with Gasteiger partial charge in [0.25, 0.3) is 0 Å². The molecule has 1 heterocycles. The minimum Gasteiger partial charge on any atom is -0.381 e. The third-order valence-corrected chi connectivity index (χ3v) is 5.61. The van der Waals surface area contributed by atoms with Crippen molar-refractivity contribution in [2.45, 2.75) is 31.2 Å². The van der Waals surface area contributed by atoms with Gasteiger partial charge in [-0.2, -0.15) is 0 Å². The van der Waals surface area contributed by atoms with Gasteiger partial charge in [-0.25, -0.2) is 0 Å². The molecule has 102 valence electrons. The normalized spacial score (nSPS) is 37.5. The number of fused-ring (bicyclic) bond motifs is 3. The summed E-state index contributed by atoms with van der Waals surface area (Å²) in [6, 6.07) is 9.75. The van der Waals surface area contributed by atoms with Gasteiger partial charge in [-0.1, -0.05) is 24.3 Å². The summed E-state index contributed by atoms with van der Waals surface area (Å²) in [5, 5.41) is 3.61. The minimum absolute atomic E-state index is 0.656. The van der Waals surface area contributed by atoms with Crippen LogP contribution >= 0.6 is 0 Å². The van der Waals surface area contributed by atoms with E-state index < -0.39 is 0 Å². The van der Waals surface area contributed by atoms with Crippen molar-refractivity contribution in [1.82, 2.24) is 5.32 Å². The van der Waals surface area contributed by atoms with E-state index in [9.17, 15) is 0 Å². The van der Waals surface area contributed by atoms with Gasteiger partial charge < -0.3 is 10.1 Å². The highest BCUT2D eigenvalue weighted by molar-refractivity contribution is 5.40. The van der Waals surface area contributed by atoms with Crippen LogP contribution in [0.5, 0.6) is 0 Å². The fourth-order valence-electron chi connectivity index (χ4n) is 4.69. The number of nitrogens with one attached hydrogen (secondary N) is 1. The van der Waals surface area contributed by atoms with E-state index in [2.05, 4.69) is 36.6 Å². The Morgan fingerprint density at radius 2 is 2.16 bits per heavy atom. The lowest BCUT2D eigenvalue weighted by Crippen LogP contribution is -2.36. The summed E-state index contributed by atoms with van der Waals surface area (Å²) in [6.07, 6.45) is 3.91. The molecule has 3 aliphatic rings. The molecule has 2 aliphatic carbocycles. The fourth-order valence-corrected chi connectivity index (χ4v) is 4.69. The Labute approximate surface area is 115 Å². The van der Waals surface area contributed by atoms with Gasteiger partial charge in [-0.15, -0.1) is 0 Å². The van der Waals surface area contributed by atoms with Crippen LogP contribution < -0.4 is 5.32 Å². The van der Waals surface area contributed by atoms with Gasteiger partial charge in [0, 0.05) is 18.6 Å². The van der Waals surface area contributed by atoms with E-state index in [0.29, 0.717) is 6.04 Å². The molecular formula is C17H23NO. The Morgan fingerprint density at radius 3 is 2.95 bits per heavy atom. The van der Waals surface area contributed by atoms with E-state index in [4.69, 9.17) is 4.74 Å². The Morgan fingerprint density at radius 1 is 1.26 bits per heavy atom. The van der Waals surface area contributed by atoms with Crippen LogP contribution in [0.25, 0.3) is 0 Å². The second-order valence-corrected chi connectivity index (χ2v) is 6.44. The fraction of sp³-hybridized carbons (Fsp3) is 0.647. The molecule has 19 heavy (non-hydrogen) atoms. The molecule has 1 aromatic rings. The van der Waals surface area contributed by atoms with E-state index in [1.54, 1.807) is 11.1 Å². The second kappa shape index (κ2) is 4.60. The maximum Gasteiger partial charge on any atom is 0.0510 e. The number of hydrogen-bond acceptors (Lipinski definition) is 2. The average Bonchev–Trinajstić information content (AvgIpc) is 2.92. The molecule has 1 saturated carbocycles. The largest absolute Gasteiger partial charge is 0.381 e. The quantitative estimate of drug-likeness (QED) is 0.898. The van der Waals surface area contributed by atoms with Gasteiger partial charge in [0.05, 0.1) is 6.61 Å². The van der Waals surface area contributed by atoms with Crippen LogP contribution in [0, 0.1) is 17.8 Å². The van der Waals surface area contributed by atoms with Crippen molar-refractivity contribution in [3.05, 3.63) is 35.4 Å². The summed E-state index contributed by atoms with van der Waals surface area (Å²) >= 11 is 0. The Hall–Kier alpha value is -0.860. The highest BCUT2D eigenvalue weighted by Crippen LogP contribution is 2.62. The molecule has 1 saturated heterocycles. The van der Waals surface area contributed by atoms with Crippen molar-refractivity contribution in [1.29, 1.82) is 0 Å². The van der Waals surface area contributed by atoms with Gasteiger partial charge in [0.15, 0.2) is 0 Å². The standard InChI is InChI=1S/C17H23NO/c1-18-17(12-8-9-19-10-12)16-14-7-6-11-4-2-3-5-13(11)15(14)16/h2-5,12,14-18H,6-10H2,1H3. The first-order valence-corrected chi connectivity index (χ1v) is 7.73. The van der Waals surface area contributed by atoms with Crippen molar-refractivity contribution in [2.75, 3.05) is 20.3 Å². The third-order valence-electron chi connectivity index (χ3n) is 5.61. The average molecular weight is 257 g/mol. The first-order valence-electron chi connectivity index (χ1n) is 7.73.